The fourth-order valence-electron chi connectivity index (χ4n) is 1.62. The quantitative estimate of drug-likeness (QED) is 0.600. The molecule has 0 spiro atoms. The van der Waals surface area contributed by atoms with E-state index in [1.54, 1.807) is 6.92 Å². The minimum atomic E-state index is -0.186. The molecule has 0 atom stereocenters. The van der Waals surface area contributed by atoms with Gasteiger partial charge < -0.3 is 10.6 Å². The SMILES string of the molecule is CCC(=O)NCCNCC(=O)N1CCCC1=O. The van der Waals surface area contributed by atoms with Gasteiger partial charge in [-0.3, -0.25) is 19.3 Å². The van der Waals surface area contributed by atoms with Gasteiger partial charge in [0.05, 0.1) is 6.54 Å². The number of nitrogens with one attached hydrogen (secondary N) is 2. The van der Waals surface area contributed by atoms with Gasteiger partial charge in [0.15, 0.2) is 0 Å². The molecule has 0 bridgehead atoms. The lowest BCUT2D eigenvalue weighted by molar-refractivity contribution is -0.141. The molecule has 2 N–H and O–H groups in total. The molecule has 1 aliphatic rings. The number of carbonyl (C=O) groups is 3. The van der Waals surface area contributed by atoms with Gasteiger partial charge in [0.1, 0.15) is 0 Å². The van der Waals surface area contributed by atoms with Crippen LogP contribution < -0.4 is 10.6 Å². The number of rotatable bonds is 6. The third-order valence-corrected chi connectivity index (χ3v) is 2.60. The molecule has 1 aliphatic heterocycles. The molecule has 1 heterocycles. The smallest absolute Gasteiger partial charge is 0.243 e. The molecular formula is C11H19N3O3. The van der Waals surface area contributed by atoms with E-state index in [0.717, 1.165) is 6.42 Å². The van der Waals surface area contributed by atoms with Crippen molar-refractivity contribution >= 4 is 17.7 Å². The second-order valence-electron chi connectivity index (χ2n) is 3.92. The van der Waals surface area contributed by atoms with E-state index >= 15 is 0 Å². The molecule has 17 heavy (non-hydrogen) atoms. The van der Waals surface area contributed by atoms with Crippen LogP contribution in [0.15, 0.2) is 0 Å². The average Bonchev–Trinajstić information content (AvgIpc) is 2.74. The van der Waals surface area contributed by atoms with E-state index < -0.39 is 0 Å². The Morgan fingerprint density at radius 1 is 1.35 bits per heavy atom. The maximum atomic E-state index is 11.6. The first-order valence-electron chi connectivity index (χ1n) is 5.95. The first-order valence-corrected chi connectivity index (χ1v) is 5.95. The second kappa shape index (κ2) is 7.01. The normalized spacial score (nSPS) is 15.1. The molecule has 0 saturated carbocycles. The van der Waals surface area contributed by atoms with Gasteiger partial charge in [0.25, 0.3) is 0 Å². The molecule has 0 aromatic heterocycles. The number of nitrogens with zero attached hydrogens (tertiary/aromatic N) is 1. The van der Waals surface area contributed by atoms with Crippen LogP contribution in [0.1, 0.15) is 26.2 Å². The number of hydrogen-bond acceptors (Lipinski definition) is 4. The number of amides is 3. The zero-order valence-corrected chi connectivity index (χ0v) is 10.1. The van der Waals surface area contributed by atoms with Crippen LogP contribution in [0.3, 0.4) is 0 Å². The highest BCUT2D eigenvalue weighted by molar-refractivity contribution is 5.97. The van der Waals surface area contributed by atoms with Crippen molar-refractivity contribution in [2.45, 2.75) is 26.2 Å². The molecule has 96 valence electrons. The Morgan fingerprint density at radius 2 is 2.12 bits per heavy atom. The molecule has 1 saturated heterocycles. The Hall–Kier alpha value is -1.43. The summed E-state index contributed by atoms with van der Waals surface area (Å²) >= 11 is 0. The van der Waals surface area contributed by atoms with E-state index in [1.165, 1.54) is 4.90 Å². The molecule has 0 aromatic carbocycles. The summed E-state index contributed by atoms with van der Waals surface area (Å²) in [5.41, 5.74) is 0. The number of likely N-dealkylation sites (tertiary alicyclic amines) is 1. The summed E-state index contributed by atoms with van der Waals surface area (Å²) in [4.78, 5) is 35.0. The van der Waals surface area contributed by atoms with E-state index in [1.807, 2.05) is 0 Å². The van der Waals surface area contributed by atoms with Gasteiger partial charge in [-0.15, -0.1) is 0 Å². The molecule has 6 heteroatoms. The highest BCUT2D eigenvalue weighted by Crippen LogP contribution is 2.08. The molecular weight excluding hydrogens is 222 g/mol. The summed E-state index contributed by atoms with van der Waals surface area (Å²) in [6.45, 7) is 3.48. The molecule has 0 radical (unpaired) electrons. The first-order chi connectivity index (χ1) is 8.15. The predicted octanol–water partition coefficient (Wildman–Crippen LogP) is -0.749. The minimum absolute atomic E-state index is 0.00662. The van der Waals surface area contributed by atoms with Gasteiger partial charge in [0, 0.05) is 32.5 Å². The Kier molecular flexibility index (Phi) is 5.62. The van der Waals surface area contributed by atoms with Crippen molar-refractivity contribution < 1.29 is 14.4 Å². The van der Waals surface area contributed by atoms with Crippen LogP contribution >= 0.6 is 0 Å². The third kappa shape index (κ3) is 4.52. The Bertz CT molecular complexity index is 304. The number of carbonyl (C=O) groups excluding carboxylic acids is 3. The minimum Gasteiger partial charge on any atom is -0.355 e. The number of hydrogen-bond donors (Lipinski definition) is 2. The maximum absolute atomic E-state index is 11.6. The highest BCUT2D eigenvalue weighted by atomic mass is 16.2. The zero-order valence-electron chi connectivity index (χ0n) is 10.1. The summed E-state index contributed by atoms with van der Waals surface area (Å²) in [6, 6.07) is 0. The molecule has 0 aromatic rings. The molecule has 3 amide bonds. The topological polar surface area (TPSA) is 78.5 Å². The summed E-state index contributed by atoms with van der Waals surface area (Å²) in [5, 5.41) is 5.60. The molecule has 1 fully saturated rings. The van der Waals surface area contributed by atoms with Gasteiger partial charge >= 0.3 is 0 Å². The van der Waals surface area contributed by atoms with Gasteiger partial charge in [0.2, 0.25) is 17.7 Å². The van der Waals surface area contributed by atoms with E-state index in [9.17, 15) is 14.4 Å². The standard InChI is InChI=1S/C11H19N3O3/c1-2-9(15)13-6-5-12-8-11(17)14-7-3-4-10(14)16/h12H,2-8H2,1H3,(H,13,15). The van der Waals surface area contributed by atoms with Gasteiger partial charge in [-0.2, -0.15) is 0 Å². The molecule has 6 nitrogen and oxygen atoms in total. The Balaban J connectivity index is 2.08. The fourth-order valence-corrected chi connectivity index (χ4v) is 1.62. The fraction of sp³-hybridized carbons (Fsp3) is 0.727. The first kappa shape index (κ1) is 13.6. The van der Waals surface area contributed by atoms with Gasteiger partial charge in [-0.1, -0.05) is 6.92 Å². The largest absolute Gasteiger partial charge is 0.355 e. The number of imide groups is 1. The molecule has 0 unspecified atom stereocenters. The maximum Gasteiger partial charge on any atom is 0.243 e. The van der Waals surface area contributed by atoms with Crippen molar-refractivity contribution in [3.63, 3.8) is 0 Å². The van der Waals surface area contributed by atoms with Crippen molar-refractivity contribution in [3.8, 4) is 0 Å². The van der Waals surface area contributed by atoms with Crippen molar-refractivity contribution in [2.75, 3.05) is 26.2 Å². The summed E-state index contributed by atoms with van der Waals surface area (Å²) in [7, 11) is 0. The van der Waals surface area contributed by atoms with E-state index in [4.69, 9.17) is 0 Å². The molecule has 0 aliphatic carbocycles. The van der Waals surface area contributed by atoms with Gasteiger partial charge in [-0.25, -0.2) is 0 Å². The van der Waals surface area contributed by atoms with E-state index in [0.29, 0.717) is 32.5 Å². The average molecular weight is 241 g/mol. The third-order valence-electron chi connectivity index (χ3n) is 2.60. The Labute approximate surface area is 101 Å². The predicted molar refractivity (Wildman–Crippen MR) is 62.1 cm³/mol. The summed E-state index contributed by atoms with van der Waals surface area (Å²) < 4.78 is 0. The van der Waals surface area contributed by atoms with E-state index in [2.05, 4.69) is 10.6 Å². The van der Waals surface area contributed by atoms with Crippen molar-refractivity contribution in [3.05, 3.63) is 0 Å². The second-order valence-corrected chi connectivity index (χ2v) is 3.92. The molecule has 1 rings (SSSR count). The van der Waals surface area contributed by atoms with Crippen LogP contribution in [0.5, 0.6) is 0 Å². The van der Waals surface area contributed by atoms with Crippen LogP contribution in [0, 0.1) is 0 Å². The van der Waals surface area contributed by atoms with Crippen LogP contribution in [-0.2, 0) is 14.4 Å². The Morgan fingerprint density at radius 3 is 2.71 bits per heavy atom. The van der Waals surface area contributed by atoms with Gasteiger partial charge in [-0.05, 0) is 6.42 Å². The monoisotopic (exact) mass is 241 g/mol. The van der Waals surface area contributed by atoms with Crippen molar-refractivity contribution in [1.29, 1.82) is 0 Å². The lowest BCUT2D eigenvalue weighted by Crippen LogP contribution is -2.41. The lowest BCUT2D eigenvalue weighted by atomic mass is 10.4. The van der Waals surface area contributed by atoms with Crippen LogP contribution in [0.2, 0.25) is 0 Å². The van der Waals surface area contributed by atoms with Crippen LogP contribution in [0.25, 0.3) is 0 Å². The van der Waals surface area contributed by atoms with E-state index in [-0.39, 0.29) is 24.3 Å². The summed E-state index contributed by atoms with van der Waals surface area (Å²) in [5.74, 6) is -0.279. The summed E-state index contributed by atoms with van der Waals surface area (Å²) in [6.07, 6.45) is 1.69. The van der Waals surface area contributed by atoms with Crippen molar-refractivity contribution in [2.24, 2.45) is 0 Å². The lowest BCUT2D eigenvalue weighted by Gasteiger charge is -2.13. The zero-order chi connectivity index (χ0) is 12.7. The van der Waals surface area contributed by atoms with Crippen molar-refractivity contribution in [1.82, 2.24) is 15.5 Å². The highest BCUT2D eigenvalue weighted by Gasteiger charge is 2.25. The van der Waals surface area contributed by atoms with Crippen LogP contribution in [-0.4, -0.2) is 48.8 Å². The van der Waals surface area contributed by atoms with Crippen LogP contribution in [0.4, 0.5) is 0 Å².